The molecule has 35 heavy (non-hydrogen) atoms. The molecule has 1 aromatic heterocycles. The van der Waals surface area contributed by atoms with E-state index in [-0.39, 0.29) is 24.1 Å². The van der Waals surface area contributed by atoms with Crippen LogP contribution in [-0.4, -0.2) is 27.8 Å². The lowest BCUT2D eigenvalue weighted by Gasteiger charge is -2.12. The SMILES string of the molecule is O=C(CSc1nc2ccccc2[nH]1)N/N=C/c1c(OCc2ccccc2F)ccc2ccccc12. The van der Waals surface area contributed by atoms with Gasteiger partial charge in [0.25, 0.3) is 5.91 Å². The van der Waals surface area contributed by atoms with Gasteiger partial charge < -0.3 is 9.72 Å². The smallest absolute Gasteiger partial charge is 0.250 e. The summed E-state index contributed by atoms with van der Waals surface area (Å²) >= 11 is 1.30. The third-order valence-electron chi connectivity index (χ3n) is 5.36. The fraction of sp³-hybridized carbons (Fsp3) is 0.0741. The van der Waals surface area contributed by atoms with Crippen molar-refractivity contribution in [3.63, 3.8) is 0 Å². The van der Waals surface area contributed by atoms with E-state index in [0.717, 1.165) is 21.8 Å². The van der Waals surface area contributed by atoms with Crippen molar-refractivity contribution in [2.75, 3.05) is 5.75 Å². The molecule has 8 heteroatoms. The molecule has 0 bridgehead atoms. The average molecular weight is 485 g/mol. The standard InChI is InChI=1S/C27H21FN4O2S/c28-22-10-4-2-8-19(22)16-34-25-14-13-18-7-1-3-9-20(18)21(25)15-29-32-26(33)17-35-27-30-23-11-5-6-12-24(23)31-27/h1-15H,16-17H2,(H,30,31)(H,32,33)/b29-15+. The molecule has 0 saturated heterocycles. The van der Waals surface area contributed by atoms with Gasteiger partial charge in [-0.1, -0.05) is 72.4 Å². The summed E-state index contributed by atoms with van der Waals surface area (Å²) in [6, 6.07) is 25.7. The number of fused-ring (bicyclic) bond motifs is 2. The molecule has 0 radical (unpaired) electrons. The third-order valence-corrected chi connectivity index (χ3v) is 6.24. The maximum absolute atomic E-state index is 14.0. The van der Waals surface area contributed by atoms with Crippen LogP contribution in [0.4, 0.5) is 4.39 Å². The second-order valence-corrected chi connectivity index (χ2v) is 8.68. The van der Waals surface area contributed by atoms with Crippen LogP contribution in [-0.2, 0) is 11.4 Å². The number of ether oxygens (including phenoxy) is 1. The number of hydrazone groups is 1. The van der Waals surface area contributed by atoms with Gasteiger partial charge in [0.2, 0.25) is 0 Å². The number of aromatic amines is 1. The number of imidazole rings is 1. The van der Waals surface area contributed by atoms with Crippen LogP contribution in [0.15, 0.2) is 95.2 Å². The van der Waals surface area contributed by atoms with Crippen LogP contribution < -0.4 is 10.2 Å². The number of halogens is 1. The second-order valence-electron chi connectivity index (χ2n) is 7.72. The van der Waals surface area contributed by atoms with Gasteiger partial charge in [-0.2, -0.15) is 5.10 Å². The fourth-order valence-corrected chi connectivity index (χ4v) is 4.32. The summed E-state index contributed by atoms with van der Waals surface area (Å²) in [6.07, 6.45) is 1.56. The van der Waals surface area contributed by atoms with Crippen molar-refractivity contribution >= 4 is 45.7 Å². The molecular weight excluding hydrogens is 463 g/mol. The van der Waals surface area contributed by atoms with Gasteiger partial charge in [0, 0.05) is 11.1 Å². The molecule has 4 aromatic carbocycles. The fourth-order valence-electron chi connectivity index (χ4n) is 3.64. The maximum Gasteiger partial charge on any atom is 0.250 e. The summed E-state index contributed by atoms with van der Waals surface area (Å²) in [7, 11) is 0. The first-order valence-corrected chi connectivity index (χ1v) is 11.9. The Balaban J connectivity index is 1.28. The Labute approximate surface area is 205 Å². The first-order chi connectivity index (χ1) is 17.2. The van der Waals surface area contributed by atoms with E-state index in [9.17, 15) is 9.18 Å². The van der Waals surface area contributed by atoms with Crippen LogP contribution in [0.2, 0.25) is 0 Å². The van der Waals surface area contributed by atoms with Gasteiger partial charge in [0.15, 0.2) is 5.16 Å². The number of nitrogens with one attached hydrogen (secondary N) is 2. The molecule has 5 aromatic rings. The Bertz CT molecular complexity index is 1500. The van der Waals surface area contributed by atoms with Gasteiger partial charge in [-0.05, 0) is 35.0 Å². The van der Waals surface area contributed by atoms with Crippen molar-refractivity contribution in [1.82, 2.24) is 15.4 Å². The third kappa shape index (κ3) is 5.33. The Morgan fingerprint density at radius 2 is 1.83 bits per heavy atom. The van der Waals surface area contributed by atoms with E-state index >= 15 is 0 Å². The van der Waals surface area contributed by atoms with E-state index < -0.39 is 0 Å². The van der Waals surface area contributed by atoms with E-state index in [0.29, 0.717) is 22.0 Å². The van der Waals surface area contributed by atoms with Gasteiger partial charge in [-0.15, -0.1) is 0 Å². The zero-order valence-electron chi connectivity index (χ0n) is 18.6. The van der Waals surface area contributed by atoms with Gasteiger partial charge >= 0.3 is 0 Å². The van der Waals surface area contributed by atoms with Crippen molar-refractivity contribution in [3.05, 3.63) is 102 Å². The number of para-hydroxylation sites is 2. The van der Waals surface area contributed by atoms with E-state index in [2.05, 4.69) is 20.5 Å². The van der Waals surface area contributed by atoms with Crippen LogP contribution in [0.3, 0.4) is 0 Å². The Morgan fingerprint density at radius 3 is 2.71 bits per heavy atom. The average Bonchev–Trinajstić information content (AvgIpc) is 3.31. The quantitative estimate of drug-likeness (QED) is 0.169. The molecule has 0 fully saturated rings. The molecule has 1 amide bonds. The molecule has 174 valence electrons. The van der Waals surface area contributed by atoms with E-state index in [1.807, 2.05) is 60.7 Å². The number of hydrogen-bond donors (Lipinski definition) is 2. The zero-order valence-corrected chi connectivity index (χ0v) is 19.4. The van der Waals surface area contributed by atoms with Crippen LogP contribution in [0, 0.1) is 5.82 Å². The summed E-state index contributed by atoms with van der Waals surface area (Å²) < 4.78 is 20.0. The first kappa shape index (κ1) is 22.6. The minimum Gasteiger partial charge on any atom is -0.488 e. The number of thioether (sulfide) groups is 1. The highest BCUT2D eigenvalue weighted by Gasteiger charge is 2.10. The molecule has 1 heterocycles. The van der Waals surface area contributed by atoms with Crippen LogP contribution >= 0.6 is 11.8 Å². The summed E-state index contributed by atoms with van der Waals surface area (Å²) in [4.78, 5) is 20.0. The minimum absolute atomic E-state index is 0.0757. The summed E-state index contributed by atoms with van der Waals surface area (Å²) in [5, 5.41) is 6.74. The first-order valence-electron chi connectivity index (χ1n) is 10.9. The largest absolute Gasteiger partial charge is 0.488 e. The van der Waals surface area contributed by atoms with Crippen LogP contribution in [0.25, 0.3) is 21.8 Å². The molecular formula is C27H21FN4O2S. The molecule has 0 aliphatic heterocycles. The predicted octanol–water partition coefficient (Wildman–Crippen LogP) is 5.68. The molecule has 0 aliphatic carbocycles. The maximum atomic E-state index is 14.0. The lowest BCUT2D eigenvalue weighted by molar-refractivity contribution is -0.118. The van der Waals surface area contributed by atoms with Crippen molar-refractivity contribution < 1.29 is 13.9 Å². The monoisotopic (exact) mass is 484 g/mol. The highest BCUT2D eigenvalue weighted by atomic mass is 32.2. The molecule has 6 nitrogen and oxygen atoms in total. The molecule has 5 rings (SSSR count). The Morgan fingerprint density at radius 1 is 1.03 bits per heavy atom. The van der Waals surface area contributed by atoms with Gasteiger partial charge in [0.05, 0.1) is 23.0 Å². The predicted molar refractivity (Wildman–Crippen MR) is 137 cm³/mol. The molecule has 0 atom stereocenters. The van der Waals surface area contributed by atoms with Crippen molar-refractivity contribution in [2.45, 2.75) is 11.8 Å². The number of amides is 1. The molecule has 0 spiro atoms. The number of aromatic nitrogens is 2. The van der Waals surface area contributed by atoms with E-state index in [1.165, 1.54) is 17.8 Å². The topological polar surface area (TPSA) is 79.4 Å². The number of nitrogens with zero attached hydrogens (tertiary/aromatic N) is 2. The summed E-state index contributed by atoms with van der Waals surface area (Å²) in [5.41, 5.74) is 5.50. The molecule has 0 aliphatic rings. The zero-order chi connectivity index (χ0) is 24.0. The lowest BCUT2D eigenvalue weighted by Crippen LogP contribution is -2.19. The second kappa shape index (κ2) is 10.4. The van der Waals surface area contributed by atoms with Crippen molar-refractivity contribution in [2.24, 2.45) is 5.10 Å². The van der Waals surface area contributed by atoms with Crippen LogP contribution in [0.5, 0.6) is 5.75 Å². The highest BCUT2D eigenvalue weighted by Crippen LogP contribution is 2.27. The Hall–Kier alpha value is -4.17. The normalized spacial score (nSPS) is 11.3. The van der Waals surface area contributed by atoms with E-state index in [4.69, 9.17) is 4.74 Å². The number of hydrogen-bond acceptors (Lipinski definition) is 5. The number of carbonyl (C=O) groups excluding carboxylic acids is 1. The number of carbonyl (C=O) groups is 1. The Kier molecular flexibility index (Phi) is 6.72. The molecule has 0 saturated carbocycles. The van der Waals surface area contributed by atoms with Gasteiger partial charge in [-0.3, -0.25) is 4.79 Å². The van der Waals surface area contributed by atoms with Gasteiger partial charge in [0.1, 0.15) is 18.2 Å². The lowest BCUT2D eigenvalue weighted by atomic mass is 10.0. The minimum atomic E-state index is -0.322. The number of benzene rings is 4. The summed E-state index contributed by atoms with van der Waals surface area (Å²) in [6.45, 7) is 0.0757. The van der Waals surface area contributed by atoms with Crippen molar-refractivity contribution in [3.8, 4) is 5.75 Å². The van der Waals surface area contributed by atoms with Crippen molar-refractivity contribution in [1.29, 1.82) is 0 Å². The van der Waals surface area contributed by atoms with E-state index in [1.54, 1.807) is 24.4 Å². The van der Waals surface area contributed by atoms with Gasteiger partial charge in [-0.25, -0.2) is 14.8 Å². The molecule has 2 N–H and O–H groups in total. The van der Waals surface area contributed by atoms with Crippen LogP contribution in [0.1, 0.15) is 11.1 Å². The number of rotatable bonds is 8. The highest BCUT2D eigenvalue weighted by molar-refractivity contribution is 7.99. The summed E-state index contributed by atoms with van der Waals surface area (Å²) in [5.74, 6) is 0.115. The number of H-pyrrole nitrogens is 1. The molecule has 0 unspecified atom stereocenters.